The molecule has 0 saturated heterocycles. The van der Waals surface area contributed by atoms with Crippen LogP contribution < -0.4 is 11.1 Å². The number of hydrogen-bond acceptors (Lipinski definition) is 3. The summed E-state index contributed by atoms with van der Waals surface area (Å²) in [5.74, 6) is 0. The zero-order valence-electron chi connectivity index (χ0n) is 12.0. The van der Waals surface area contributed by atoms with Crippen LogP contribution in [-0.4, -0.2) is 18.2 Å². The molecule has 0 fully saturated rings. The quantitative estimate of drug-likeness (QED) is 0.870. The Hall–Kier alpha value is -1.76. The number of nitrogens with two attached hydrogens (primary N) is 1. The van der Waals surface area contributed by atoms with E-state index in [0.717, 1.165) is 12.1 Å². The van der Waals surface area contributed by atoms with Crippen LogP contribution in [0.25, 0.3) is 0 Å². The standard InChI is InChI=1S/C14H19F3N2O2/c1-3-13(18,4-2)9-21-12(20)19-11-7-5-10(6-8-11)14(15,16)17/h5-8H,3-4,9,18H2,1-2H3,(H,19,20). The van der Waals surface area contributed by atoms with Gasteiger partial charge in [0.1, 0.15) is 6.61 Å². The van der Waals surface area contributed by atoms with Gasteiger partial charge in [0.25, 0.3) is 0 Å². The maximum absolute atomic E-state index is 12.4. The minimum Gasteiger partial charge on any atom is -0.447 e. The number of benzene rings is 1. The van der Waals surface area contributed by atoms with Crippen molar-refractivity contribution < 1.29 is 22.7 Å². The highest BCUT2D eigenvalue weighted by Gasteiger charge is 2.30. The third-order valence-electron chi connectivity index (χ3n) is 3.36. The molecule has 0 aliphatic heterocycles. The van der Waals surface area contributed by atoms with Crippen molar-refractivity contribution in [3.8, 4) is 0 Å². The summed E-state index contributed by atoms with van der Waals surface area (Å²) in [5.41, 5.74) is 4.84. The van der Waals surface area contributed by atoms with Gasteiger partial charge in [0.15, 0.2) is 0 Å². The van der Waals surface area contributed by atoms with Gasteiger partial charge in [-0.25, -0.2) is 4.79 Å². The predicted molar refractivity (Wildman–Crippen MR) is 73.9 cm³/mol. The van der Waals surface area contributed by atoms with Gasteiger partial charge in [-0.2, -0.15) is 13.2 Å². The lowest BCUT2D eigenvalue weighted by atomic mass is 9.96. The van der Waals surface area contributed by atoms with E-state index < -0.39 is 23.4 Å². The Bertz CT molecular complexity index is 468. The maximum atomic E-state index is 12.4. The molecule has 0 spiro atoms. The van der Waals surface area contributed by atoms with Crippen molar-refractivity contribution in [1.82, 2.24) is 0 Å². The molecule has 1 aromatic rings. The second kappa shape index (κ2) is 6.80. The summed E-state index contributed by atoms with van der Waals surface area (Å²) in [6.45, 7) is 3.83. The fourth-order valence-electron chi connectivity index (χ4n) is 1.56. The topological polar surface area (TPSA) is 64.3 Å². The largest absolute Gasteiger partial charge is 0.447 e. The van der Waals surface area contributed by atoms with E-state index >= 15 is 0 Å². The van der Waals surface area contributed by atoms with Crippen LogP contribution in [0.3, 0.4) is 0 Å². The molecular formula is C14H19F3N2O2. The fourth-order valence-corrected chi connectivity index (χ4v) is 1.56. The number of nitrogens with one attached hydrogen (secondary N) is 1. The first-order valence-corrected chi connectivity index (χ1v) is 6.60. The van der Waals surface area contributed by atoms with Crippen LogP contribution in [-0.2, 0) is 10.9 Å². The smallest absolute Gasteiger partial charge is 0.416 e. The number of alkyl halides is 3. The van der Waals surface area contributed by atoms with Gasteiger partial charge in [0.2, 0.25) is 0 Å². The third kappa shape index (κ3) is 5.26. The molecule has 0 unspecified atom stereocenters. The maximum Gasteiger partial charge on any atom is 0.416 e. The minimum atomic E-state index is -4.40. The van der Waals surface area contributed by atoms with Crippen molar-refractivity contribution in [2.75, 3.05) is 11.9 Å². The molecule has 0 bridgehead atoms. The van der Waals surface area contributed by atoms with Crippen molar-refractivity contribution in [3.63, 3.8) is 0 Å². The second-order valence-corrected chi connectivity index (χ2v) is 4.85. The number of hydrogen-bond donors (Lipinski definition) is 2. The fraction of sp³-hybridized carbons (Fsp3) is 0.500. The van der Waals surface area contributed by atoms with Gasteiger partial charge in [0, 0.05) is 11.2 Å². The van der Waals surface area contributed by atoms with E-state index in [1.807, 2.05) is 13.8 Å². The number of amides is 1. The van der Waals surface area contributed by atoms with Gasteiger partial charge >= 0.3 is 12.3 Å². The van der Waals surface area contributed by atoms with Crippen molar-refractivity contribution in [3.05, 3.63) is 29.8 Å². The average Bonchev–Trinajstić information content (AvgIpc) is 2.44. The number of carbonyl (C=O) groups is 1. The molecule has 3 N–H and O–H groups in total. The summed E-state index contributed by atoms with van der Waals surface area (Å²) < 4.78 is 42.2. The van der Waals surface area contributed by atoms with Crippen LogP contribution >= 0.6 is 0 Å². The Kier molecular flexibility index (Phi) is 5.60. The minimum absolute atomic E-state index is 0.0481. The van der Waals surface area contributed by atoms with Gasteiger partial charge in [-0.1, -0.05) is 13.8 Å². The summed E-state index contributed by atoms with van der Waals surface area (Å²) >= 11 is 0. The first-order valence-electron chi connectivity index (χ1n) is 6.60. The molecular weight excluding hydrogens is 285 g/mol. The number of halogens is 3. The number of rotatable bonds is 5. The van der Waals surface area contributed by atoms with Crippen LogP contribution in [0.5, 0.6) is 0 Å². The first-order chi connectivity index (χ1) is 9.70. The molecule has 0 aliphatic rings. The van der Waals surface area contributed by atoms with Gasteiger partial charge in [0.05, 0.1) is 5.56 Å². The van der Waals surface area contributed by atoms with E-state index in [9.17, 15) is 18.0 Å². The Morgan fingerprint density at radius 1 is 1.19 bits per heavy atom. The van der Waals surface area contributed by atoms with Gasteiger partial charge in [-0.3, -0.25) is 5.32 Å². The van der Waals surface area contributed by atoms with Crippen LogP contribution in [0.4, 0.5) is 23.7 Å². The molecule has 7 heteroatoms. The van der Waals surface area contributed by atoms with E-state index in [1.54, 1.807) is 0 Å². The first kappa shape index (κ1) is 17.3. The lowest BCUT2D eigenvalue weighted by Crippen LogP contribution is -2.44. The molecule has 118 valence electrons. The summed E-state index contributed by atoms with van der Waals surface area (Å²) in [7, 11) is 0. The number of anilines is 1. The Labute approximate surface area is 121 Å². The highest BCUT2D eigenvalue weighted by molar-refractivity contribution is 5.84. The third-order valence-corrected chi connectivity index (χ3v) is 3.36. The molecule has 1 aromatic carbocycles. The lowest BCUT2D eigenvalue weighted by Gasteiger charge is -2.25. The highest BCUT2D eigenvalue weighted by Crippen LogP contribution is 2.29. The Morgan fingerprint density at radius 3 is 2.14 bits per heavy atom. The molecule has 1 rings (SSSR count). The summed E-state index contributed by atoms with van der Waals surface area (Å²) in [6.07, 6.45) is -3.85. The van der Waals surface area contributed by atoms with Crippen molar-refractivity contribution in [1.29, 1.82) is 0 Å². The monoisotopic (exact) mass is 304 g/mol. The summed E-state index contributed by atoms with van der Waals surface area (Å²) in [6, 6.07) is 4.11. The second-order valence-electron chi connectivity index (χ2n) is 4.85. The highest BCUT2D eigenvalue weighted by atomic mass is 19.4. The SMILES string of the molecule is CCC(N)(CC)COC(=O)Nc1ccc(C(F)(F)F)cc1. The zero-order valence-corrected chi connectivity index (χ0v) is 12.0. The van der Waals surface area contributed by atoms with Gasteiger partial charge < -0.3 is 10.5 Å². The molecule has 21 heavy (non-hydrogen) atoms. The number of ether oxygens (including phenoxy) is 1. The molecule has 0 aliphatic carbocycles. The predicted octanol–water partition coefficient (Wildman–Crippen LogP) is 3.77. The normalized spacial score (nSPS) is 12.1. The van der Waals surface area contributed by atoms with E-state index in [-0.39, 0.29) is 12.3 Å². The average molecular weight is 304 g/mol. The zero-order chi connectivity index (χ0) is 16.1. The molecule has 0 saturated carbocycles. The van der Waals surface area contributed by atoms with Crippen molar-refractivity contribution >= 4 is 11.8 Å². The molecule has 4 nitrogen and oxygen atoms in total. The molecule has 1 amide bonds. The van der Waals surface area contributed by atoms with Gasteiger partial charge in [-0.15, -0.1) is 0 Å². The van der Waals surface area contributed by atoms with E-state index in [2.05, 4.69) is 5.32 Å². The molecule has 0 radical (unpaired) electrons. The molecule has 0 heterocycles. The molecule has 0 aromatic heterocycles. The summed E-state index contributed by atoms with van der Waals surface area (Å²) in [5, 5.41) is 2.36. The van der Waals surface area contributed by atoms with Crippen LogP contribution in [0.15, 0.2) is 24.3 Å². The van der Waals surface area contributed by atoms with Crippen LogP contribution in [0.1, 0.15) is 32.3 Å². The van der Waals surface area contributed by atoms with E-state index in [0.29, 0.717) is 12.8 Å². The van der Waals surface area contributed by atoms with E-state index in [1.165, 1.54) is 12.1 Å². The lowest BCUT2D eigenvalue weighted by molar-refractivity contribution is -0.137. The van der Waals surface area contributed by atoms with Crippen LogP contribution in [0.2, 0.25) is 0 Å². The Balaban J connectivity index is 2.56. The van der Waals surface area contributed by atoms with Crippen molar-refractivity contribution in [2.24, 2.45) is 5.73 Å². The van der Waals surface area contributed by atoms with Crippen LogP contribution in [0, 0.1) is 0 Å². The van der Waals surface area contributed by atoms with Crippen molar-refractivity contribution in [2.45, 2.75) is 38.4 Å². The number of carbonyl (C=O) groups excluding carboxylic acids is 1. The summed E-state index contributed by atoms with van der Waals surface area (Å²) in [4.78, 5) is 11.6. The van der Waals surface area contributed by atoms with Gasteiger partial charge in [-0.05, 0) is 37.1 Å². The van der Waals surface area contributed by atoms with E-state index in [4.69, 9.17) is 10.5 Å². The Morgan fingerprint density at radius 2 is 1.71 bits per heavy atom. The molecule has 0 atom stereocenters.